The van der Waals surface area contributed by atoms with Crippen molar-refractivity contribution in [2.45, 2.75) is 23.9 Å². The lowest BCUT2D eigenvalue weighted by Crippen LogP contribution is -2.19. The van der Waals surface area contributed by atoms with Gasteiger partial charge < -0.3 is 11.1 Å². The summed E-state index contributed by atoms with van der Waals surface area (Å²) < 4.78 is 1.88. The number of nitrogens with two attached hydrogens (primary N) is 1. The fourth-order valence-corrected chi connectivity index (χ4v) is 3.55. The Balaban J connectivity index is 1.45. The van der Waals surface area contributed by atoms with E-state index < -0.39 is 6.03 Å². The minimum atomic E-state index is -0.638. The van der Waals surface area contributed by atoms with E-state index >= 15 is 0 Å². The first-order chi connectivity index (χ1) is 13.6. The summed E-state index contributed by atoms with van der Waals surface area (Å²) in [6.45, 7) is 0. The monoisotopic (exact) mass is 393 g/mol. The zero-order valence-electron chi connectivity index (χ0n) is 15.0. The van der Waals surface area contributed by atoms with Crippen LogP contribution in [0, 0.1) is 0 Å². The maximum Gasteiger partial charge on any atom is 0.316 e. The molecular formula is C20H19N5O2S. The topological polar surface area (TPSA) is 103 Å². The third-order valence-electron chi connectivity index (χ3n) is 4.36. The number of thioether (sulfide) groups is 1. The molecule has 1 heterocycles. The Morgan fingerprint density at radius 2 is 1.82 bits per heavy atom. The number of anilines is 1. The summed E-state index contributed by atoms with van der Waals surface area (Å²) in [5, 5.41) is 7.68. The van der Waals surface area contributed by atoms with Crippen molar-refractivity contribution in [3.63, 3.8) is 0 Å². The number of ketones is 1. The van der Waals surface area contributed by atoms with E-state index in [1.165, 1.54) is 11.8 Å². The van der Waals surface area contributed by atoms with E-state index in [0.29, 0.717) is 22.3 Å². The Kier molecular flexibility index (Phi) is 5.12. The highest BCUT2D eigenvalue weighted by Crippen LogP contribution is 2.40. The van der Waals surface area contributed by atoms with Crippen LogP contribution in [0.3, 0.4) is 0 Å². The van der Waals surface area contributed by atoms with Gasteiger partial charge in [0.05, 0.1) is 11.4 Å². The Hall–Kier alpha value is -3.13. The second-order valence-electron chi connectivity index (χ2n) is 6.55. The molecule has 0 unspecified atom stereocenters. The first-order valence-corrected chi connectivity index (χ1v) is 9.93. The van der Waals surface area contributed by atoms with Gasteiger partial charge in [-0.1, -0.05) is 30.0 Å². The summed E-state index contributed by atoms with van der Waals surface area (Å²) >= 11 is 1.33. The predicted octanol–water partition coefficient (Wildman–Crippen LogP) is 3.61. The van der Waals surface area contributed by atoms with Gasteiger partial charge in [-0.3, -0.25) is 4.79 Å². The lowest BCUT2D eigenvalue weighted by molar-refractivity contribution is 0.102. The van der Waals surface area contributed by atoms with E-state index in [1.54, 1.807) is 24.3 Å². The van der Waals surface area contributed by atoms with Crippen molar-refractivity contribution in [1.29, 1.82) is 0 Å². The zero-order chi connectivity index (χ0) is 19.5. The molecule has 2 aromatic carbocycles. The normalized spacial score (nSPS) is 13.3. The number of carbonyl (C=O) groups excluding carboxylic acids is 2. The number of urea groups is 1. The number of para-hydroxylation sites is 1. The minimum Gasteiger partial charge on any atom is -0.351 e. The standard InChI is InChI=1S/C20H19N5O2S/c21-19(27)22-15-10-8-13(9-11-15)17(26)12-28-20-23-18(14-6-7-14)25(24-20)16-4-2-1-3-5-16/h1-5,8-11,14H,6-7,12H2,(H3,21,22,27). The molecule has 0 aliphatic heterocycles. The van der Waals surface area contributed by atoms with Crippen molar-refractivity contribution in [3.05, 3.63) is 66.0 Å². The second kappa shape index (κ2) is 7.85. The third kappa shape index (κ3) is 4.23. The van der Waals surface area contributed by atoms with E-state index in [9.17, 15) is 9.59 Å². The molecule has 0 bridgehead atoms. The van der Waals surface area contributed by atoms with Gasteiger partial charge in [-0.25, -0.2) is 14.5 Å². The molecule has 2 amide bonds. The molecule has 0 spiro atoms. The molecule has 1 aromatic heterocycles. The summed E-state index contributed by atoms with van der Waals surface area (Å²) in [5.74, 6) is 1.62. The highest BCUT2D eigenvalue weighted by Gasteiger charge is 2.30. The van der Waals surface area contributed by atoms with Gasteiger partial charge in [-0.2, -0.15) is 0 Å². The van der Waals surface area contributed by atoms with Gasteiger partial charge >= 0.3 is 6.03 Å². The Bertz CT molecular complexity index is 997. The molecule has 0 saturated heterocycles. The molecule has 4 rings (SSSR count). The third-order valence-corrected chi connectivity index (χ3v) is 5.20. The number of nitrogens with zero attached hydrogens (tertiary/aromatic N) is 3. The molecular weight excluding hydrogens is 374 g/mol. The number of benzene rings is 2. The van der Waals surface area contributed by atoms with E-state index in [4.69, 9.17) is 5.73 Å². The number of hydrogen-bond acceptors (Lipinski definition) is 5. The van der Waals surface area contributed by atoms with Crippen LogP contribution in [0.1, 0.15) is 34.9 Å². The van der Waals surface area contributed by atoms with Crippen molar-refractivity contribution < 1.29 is 9.59 Å². The van der Waals surface area contributed by atoms with Gasteiger partial charge in [-0.15, -0.1) is 5.10 Å². The molecule has 1 aliphatic carbocycles. The van der Waals surface area contributed by atoms with Gasteiger partial charge in [0.25, 0.3) is 0 Å². The van der Waals surface area contributed by atoms with Crippen molar-refractivity contribution in [3.8, 4) is 5.69 Å². The SMILES string of the molecule is NC(=O)Nc1ccc(C(=O)CSc2nc(C3CC3)n(-c3ccccc3)n2)cc1. The molecule has 3 aromatic rings. The van der Waals surface area contributed by atoms with Gasteiger partial charge in [0, 0.05) is 17.2 Å². The fraction of sp³-hybridized carbons (Fsp3) is 0.200. The molecule has 142 valence electrons. The van der Waals surface area contributed by atoms with Crippen LogP contribution in [-0.2, 0) is 0 Å². The number of carbonyl (C=O) groups is 2. The van der Waals surface area contributed by atoms with Crippen LogP contribution in [-0.4, -0.2) is 32.3 Å². The number of hydrogen-bond donors (Lipinski definition) is 2. The average molecular weight is 393 g/mol. The van der Waals surface area contributed by atoms with Crippen LogP contribution < -0.4 is 11.1 Å². The molecule has 1 aliphatic rings. The van der Waals surface area contributed by atoms with Crippen LogP contribution in [0.25, 0.3) is 5.69 Å². The molecule has 7 nitrogen and oxygen atoms in total. The van der Waals surface area contributed by atoms with E-state index in [-0.39, 0.29) is 11.5 Å². The molecule has 0 radical (unpaired) electrons. The summed E-state index contributed by atoms with van der Waals surface area (Å²) in [6.07, 6.45) is 2.25. The quantitative estimate of drug-likeness (QED) is 0.471. The fourth-order valence-electron chi connectivity index (χ4n) is 2.83. The van der Waals surface area contributed by atoms with E-state index in [2.05, 4.69) is 15.4 Å². The maximum atomic E-state index is 12.5. The predicted molar refractivity (Wildman–Crippen MR) is 108 cm³/mol. The van der Waals surface area contributed by atoms with Gasteiger partial charge in [-0.05, 0) is 49.2 Å². The summed E-state index contributed by atoms with van der Waals surface area (Å²) in [6, 6.07) is 15.9. The van der Waals surface area contributed by atoms with Crippen LogP contribution in [0.5, 0.6) is 0 Å². The molecule has 1 saturated carbocycles. The number of primary amides is 1. The summed E-state index contributed by atoms with van der Waals surface area (Å²) in [5.41, 5.74) is 7.17. The maximum absolute atomic E-state index is 12.5. The van der Waals surface area contributed by atoms with E-state index in [1.807, 2.05) is 35.0 Å². The van der Waals surface area contributed by atoms with Gasteiger partial charge in [0.15, 0.2) is 5.78 Å². The summed E-state index contributed by atoms with van der Waals surface area (Å²) in [4.78, 5) is 28.0. The van der Waals surface area contributed by atoms with Crippen molar-refractivity contribution in [1.82, 2.24) is 14.8 Å². The smallest absolute Gasteiger partial charge is 0.316 e. The molecule has 8 heteroatoms. The summed E-state index contributed by atoms with van der Waals surface area (Å²) in [7, 11) is 0. The zero-order valence-corrected chi connectivity index (χ0v) is 15.9. The largest absolute Gasteiger partial charge is 0.351 e. The Labute approximate surface area is 166 Å². The van der Waals surface area contributed by atoms with E-state index in [0.717, 1.165) is 24.4 Å². The second-order valence-corrected chi connectivity index (χ2v) is 7.50. The number of nitrogens with one attached hydrogen (secondary N) is 1. The number of Topliss-reactive ketones (excluding diaryl/α,β-unsaturated/α-hetero) is 1. The van der Waals surface area contributed by atoms with Crippen LogP contribution in [0.2, 0.25) is 0 Å². The number of amides is 2. The lowest BCUT2D eigenvalue weighted by atomic mass is 10.1. The molecule has 3 N–H and O–H groups in total. The highest BCUT2D eigenvalue weighted by atomic mass is 32.2. The Morgan fingerprint density at radius 1 is 1.11 bits per heavy atom. The van der Waals surface area contributed by atoms with Crippen LogP contribution in [0.4, 0.5) is 10.5 Å². The number of aromatic nitrogens is 3. The first-order valence-electron chi connectivity index (χ1n) is 8.95. The van der Waals surface area contributed by atoms with Crippen LogP contribution >= 0.6 is 11.8 Å². The molecule has 0 atom stereocenters. The lowest BCUT2D eigenvalue weighted by Gasteiger charge is -2.04. The highest BCUT2D eigenvalue weighted by molar-refractivity contribution is 7.99. The van der Waals surface area contributed by atoms with Crippen molar-refractivity contribution in [2.75, 3.05) is 11.1 Å². The van der Waals surface area contributed by atoms with Gasteiger partial charge in [0.2, 0.25) is 5.16 Å². The van der Waals surface area contributed by atoms with Crippen molar-refractivity contribution >= 4 is 29.3 Å². The molecule has 28 heavy (non-hydrogen) atoms. The average Bonchev–Trinajstić information content (AvgIpc) is 3.46. The molecule has 1 fully saturated rings. The first kappa shape index (κ1) is 18.2. The number of rotatable bonds is 7. The van der Waals surface area contributed by atoms with Crippen LogP contribution in [0.15, 0.2) is 59.8 Å². The van der Waals surface area contributed by atoms with Crippen molar-refractivity contribution in [2.24, 2.45) is 5.73 Å². The minimum absolute atomic E-state index is 0.0281. The Morgan fingerprint density at radius 3 is 2.46 bits per heavy atom. The van der Waals surface area contributed by atoms with Gasteiger partial charge in [0.1, 0.15) is 5.82 Å².